The van der Waals surface area contributed by atoms with E-state index < -0.39 is 5.97 Å². The summed E-state index contributed by atoms with van der Waals surface area (Å²) in [5, 5.41) is 10.7. The molecular formula is C21H34NNaO2. The molecule has 1 aromatic carbocycles. The fourth-order valence-electron chi connectivity index (χ4n) is 3.03. The normalized spacial score (nSPS) is 10.3. The zero-order chi connectivity index (χ0) is 17.5. The molecule has 0 N–H and O–H groups in total. The van der Waals surface area contributed by atoms with Gasteiger partial charge in [0, 0.05) is 31.2 Å². The zero-order valence-electron chi connectivity index (χ0n) is 16.3. The number of rotatable bonds is 15. The van der Waals surface area contributed by atoms with Crippen LogP contribution in [0.25, 0.3) is 0 Å². The first-order chi connectivity index (χ1) is 11.7. The molecule has 25 heavy (non-hydrogen) atoms. The monoisotopic (exact) mass is 355 g/mol. The second-order valence-corrected chi connectivity index (χ2v) is 6.63. The predicted molar refractivity (Wildman–Crippen MR) is 100 cm³/mol. The first-order valence-corrected chi connectivity index (χ1v) is 9.74. The van der Waals surface area contributed by atoms with Gasteiger partial charge in [-0.25, -0.2) is 0 Å². The molecule has 0 aliphatic heterocycles. The number of benzene rings is 1. The van der Waals surface area contributed by atoms with Crippen LogP contribution < -0.4 is 39.6 Å². The number of nitrogens with zero attached hydrogens (tertiary/aromatic N) is 1. The molecule has 1 rings (SSSR count). The van der Waals surface area contributed by atoms with Crippen molar-refractivity contribution in [2.45, 2.75) is 77.6 Å². The maximum atomic E-state index is 10.7. The summed E-state index contributed by atoms with van der Waals surface area (Å²) in [6.07, 6.45) is 13.3. The van der Waals surface area contributed by atoms with Crippen molar-refractivity contribution in [3.05, 3.63) is 30.3 Å². The van der Waals surface area contributed by atoms with E-state index in [1.165, 1.54) is 57.8 Å². The van der Waals surface area contributed by atoms with E-state index in [1.54, 1.807) is 0 Å². The van der Waals surface area contributed by atoms with Crippen LogP contribution in [0.15, 0.2) is 30.3 Å². The molecule has 0 saturated carbocycles. The van der Waals surface area contributed by atoms with Crippen molar-refractivity contribution >= 4 is 11.7 Å². The Labute approximate surface area is 176 Å². The van der Waals surface area contributed by atoms with E-state index in [2.05, 4.69) is 11.8 Å². The third-order valence-corrected chi connectivity index (χ3v) is 4.49. The fourth-order valence-corrected chi connectivity index (χ4v) is 3.03. The van der Waals surface area contributed by atoms with Crippen LogP contribution in [0.2, 0.25) is 0 Å². The van der Waals surface area contributed by atoms with Crippen LogP contribution in [0.4, 0.5) is 5.69 Å². The summed E-state index contributed by atoms with van der Waals surface area (Å²) in [6.45, 7) is 3.71. The molecule has 1 aromatic rings. The summed E-state index contributed by atoms with van der Waals surface area (Å²) < 4.78 is 0. The summed E-state index contributed by atoms with van der Waals surface area (Å²) in [5.41, 5.74) is 1.11. The van der Waals surface area contributed by atoms with Crippen molar-refractivity contribution in [2.24, 2.45) is 0 Å². The van der Waals surface area contributed by atoms with Crippen molar-refractivity contribution in [3.8, 4) is 0 Å². The van der Waals surface area contributed by atoms with Gasteiger partial charge in [0.05, 0.1) is 0 Å². The summed E-state index contributed by atoms with van der Waals surface area (Å²) >= 11 is 0. The van der Waals surface area contributed by atoms with Gasteiger partial charge in [0.15, 0.2) is 0 Å². The molecule has 0 amide bonds. The third kappa shape index (κ3) is 13.4. The Morgan fingerprint density at radius 1 is 0.840 bits per heavy atom. The topological polar surface area (TPSA) is 43.4 Å². The van der Waals surface area contributed by atoms with Crippen LogP contribution in [0.3, 0.4) is 0 Å². The van der Waals surface area contributed by atoms with Gasteiger partial charge in [0.2, 0.25) is 0 Å². The zero-order valence-corrected chi connectivity index (χ0v) is 18.3. The van der Waals surface area contributed by atoms with Gasteiger partial charge in [0.1, 0.15) is 0 Å². The maximum Gasteiger partial charge on any atom is 1.00 e. The number of hydrogen-bond donors (Lipinski definition) is 0. The second-order valence-electron chi connectivity index (χ2n) is 6.63. The molecule has 0 spiro atoms. The first-order valence-electron chi connectivity index (χ1n) is 9.74. The van der Waals surface area contributed by atoms with E-state index in [-0.39, 0.29) is 36.0 Å². The Morgan fingerprint density at radius 2 is 1.36 bits per heavy atom. The van der Waals surface area contributed by atoms with Crippen molar-refractivity contribution in [1.82, 2.24) is 0 Å². The average Bonchev–Trinajstić information content (AvgIpc) is 2.59. The van der Waals surface area contributed by atoms with E-state index in [0.717, 1.165) is 18.7 Å². The smallest absolute Gasteiger partial charge is 0.550 e. The summed E-state index contributed by atoms with van der Waals surface area (Å²) in [4.78, 5) is 12.9. The van der Waals surface area contributed by atoms with Crippen LogP contribution in [0, 0.1) is 0 Å². The van der Waals surface area contributed by atoms with Gasteiger partial charge in [-0.05, 0) is 18.6 Å². The number of aliphatic carboxylic acids is 1. The number of carboxylic acid groups (broad SMARTS) is 1. The molecule has 0 radical (unpaired) electrons. The van der Waals surface area contributed by atoms with Gasteiger partial charge in [-0.15, -0.1) is 0 Å². The molecule has 4 heteroatoms. The Kier molecular flexibility index (Phi) is 16.6. The quantitative estimate of drug-likeness (QED) is 0.354. The molecule has 0 atom stereocenters. The molecular weight excluding hydrogens is 321 g/mol. The number of para-hydroxylation sites is 1. The Morgan fingerprint density at radius 3 is 1.88 bits per heavy atom. The van der Waals surface area contributed by atoms with Crippen molar-refractivity contribution in [2.75, 3.05) is 18.0 Å². The van der Waals surface area contributed by atoms with E-state index in [1.807, 2.05) is 30.3 Å². The SMILES string of the molecule is CCCCCCCCCCCCN(CCC(=O)[O-])c1ccccc1.[Na+]. The van der Waals surface area contributed by atoms with Crippen LogP contribution >= 0.6 is 0 Å². The molecule has 0 fully saturated rings. The molecule has 0 aromatic heterocycles. The van der Waals surface area contributed by atoms with Crippen molar-refractivity contribution < 1.29 is 39.5 Å². The molecule has 0 bridgehead atoms. The number of anilines is 1. The van der Waals surface area contributed by atoms with Gasteiger partial charge in [0.25, 0.3) is 0 Å². The van der Waals surface area contributed by atoms with Crippen LogP contribution in [-0.2, 0) is 4.79 Å². The molecule has 136 valence electrons. The van der Waals surface area contributed by atoms with Gasteiger partial charge < -0.3 is 14.8 Å². The predicted octanol–water partition coefficient (Wildman–Crippen LogP) is 1.56. The van der Waals surface area contributed by atoms with E-state index >= 15 is 0 Å². The van der Waals surface area contributed by atoms with Gasteiger partial charge in [-0.1, -0.05) is 82.9 Å². The molecule has 3 nitrogen and oxygen atoms in total. The van der Waals surface area contributed by atoms with E-state index in [0.29, 0.717) is 6.54 Å². The van der Waals surface area contributed by atoms with Gasteiger partial charge in [-0.3, -0.25) is 0 Å². The molecule has 0 unspecified atom stereocenters. The number of unbranched alkanes of at least 4 members (excludes halogenated alkanes) is 9. The fraction of sp³-hybridized carbons (Fsp3) is 0.667. The van der Waals surface area contributed by atoms with Crippen LogP contribution in [0.1, 0.15) is 77.6 Å². The van der Waals surface area contributed by atoms with Gasteiger partial charge in [-0.2, -0.15) is 0 Å². The molecule has 0 heterocycles. The van der Waals surface area contributed by atoms with E-state index in [9.17, 15) is 9.90 Å². The molecule has 0 aliphatic rings. The van der Waals surface area contributed by atoms with E-state index in [4.69, 9.17) is 0 Å². The maximum absolute atomic E-state index is 10.7. The second kappa shape index (κ2) is 16.9. The Bertz CT molecular complexity index is 425. The minimum absolute atomic E-state index is 0. The van der Waals surface area contributed by atoms with Crippen molar-refractivity contribution in [3.63, 3.8) is 0 Å². The minimum Gasteiger partial charge on any atom is -0.550 e. The Hall–Kier alpha value is -0.510. The van der Waals surface area contributed by atoms with Gasteiger partial charge >= 0.3 is 29.6 Å². The first kappa shape index (κ1) is 24.5. The van der Waals surface area contributed by atoms with Crippen LogP contribution in [-0.4, -0.2) is 19.1 Å². The Balaban J connectivity index is 0.00000576. The largest absolute Gasteiger partial charge is 1.00 e. The minimum atomic E-state index is -0.973. The van der Waals surface area contributed by atoms with Crippen LogP contribution in [0.5, 0.6) is 0 Å². The summed E-state index contributed by atoms with van der Waals surface area (Å²) in [6, 6.07) is 10.1. The molecule has 0 aliphatic carbocycles. The molecule has 0 saturated heterocycles. The van der Waals surface area contributed by atoms with Crippen molar-refractivity contribution in [1.29, 1.82) is 0 Å². The number of hydrogen-bond acceptors (Lipinski definition) is 3. The standard InChI is InChI=1S/C21H35NO2.Na/c1-2-3-4-5-6-7-8-9-10-14-18-22(19-17-21(23)24)20-15-12-11-13-16-20;/h11-13,15-16H,2-10,14,17-19H2,1H3,(H,23,24);/q;+1/p-1. The number of carboxylic acids is 1. The number of carbonyl (C=O) groups excluding carboxylic acids is 1. The summed E-state index contributed by atoms with van der Waals surface area (Å²) in [7, 11) is 0. The summed E-state index contributed by atoms with van der Waals surface area (Å²) in [5.74, 6) is -0.973. The third-order valence-electron chi connectivity index (χ3n) is 4.49. The number of carbonyl (C=O) groups is 1. The average molecular weight is 355 g/mol.